The van der Waals surface area contributed by atoms with Crippen molar-refractivity contribution in [3.8, 4) is 0 Å². The summed E-state index contributed by atoms with van der Waals surface area (Å²) in [5.74, 6) is 2.48. The fraction of sp³-hybridized carbons (Fsp3) is 0.750. The molecule has 45 heavy (non-hydrogen) atoms. The fourth-order valence-corrected chi connectivity index (χ4v) is 7.55. The van der Waals surface area contributed by atoms with Gasteiger partial charge in [0.25, 0.3) is 0 Å². The third-order valence-electron chi connectivity index (χ3n) is 10.6. The number of allylic oxidation sites excluding steroid dienone is 4. The van der Waals surface area contributed by atoms with Crippen LogP contribution < -0.4 is 5.43 Å². The lowest BCUT2D eigenvalue weighted by Gasteiger charge is -2.54. The summed E-state index contributed by atoms with van der Waals surface area (Å²) in [7, 11) is 4.35. The first-order chi connectivity index (χ1) is 21.6. The first-order valence-corrected chi connectivity index (χ1v) is 17.6. The minimum Gasteiger partial charge on any atom is -0.375 e. The van der Waals surface area contributed by atoms with E-state index in [1.807, 2.05) is 4.90 Å². The Bertz CT molecular complexity index is 1140. The zero-order chi connectivity index (χ0) is 32.6. The van der Waals surface area contributed by atoms with Crippen LogP contribution in [0.15, 0.2) is 46.1 Å². The molecule has 1 N–H and O–H groups in total. The largest absolute Gasteiger partial charge is 0.375 e. The SMILES string of the molecule is C=CC(=O)N1CC2(CCN(/C(CC)=N/C(=NC(CCC)(C(C)OCC)N(C)NC3=CC=C(C)CC3)C3CCN(C)CC3)CC2)C1. The normalized spacial score (nSPS) is 23.7. The second kappa shape index (κ2) is 15.9. The van der Waals surface area contributed by atoms with Crippen LogP contribution in [0.1, 0.15) is 92.4 Å². The van der Waals surface area contributed by atoms with Gasteiger partial charge in [-0.1, -0.05) is 38.5 Å². The van der Waals surface area contributed by atoms with Crippen LogP contribution in [0, 0.1) is 11.3 Å². The number of rotatable bonds is 12. The number of hydrogen-bond acceptors (Lipinski definition) is 6. The van der Waals surface area contributed by atoms with Crippen molar-refractivity contribution in [2.45, 2.75) is 104 Å². The van der Waals surface area contributed by atoms with E-state index in [-0.39, 0.29) is 17.4 Å². The molecule has 2 unspecified atom stereocenters. The summed E-state index contributed by atoms with van der Waals surface area (Å²) in [6, 6.07) is 0. The van der Waals surface area contributed by atoms with E-state index in [1.165, 1.54) is 17.3 Å². The summed E-state index contributed by atoms with van der Waals surface area (Å²) in [5, 5.41) is 2.23. The summed E-state index contributed by atoms with van der Waals surface area (Å²) in [5.41, 5.74) is 6.02. The molecule has 4 rings (SSSR count). The number of hydrogen-bond donors (Lipinski definition) is 1. The van der Waals surface area contributed by atoms with Gasteiger partial charge in [0, 0.05) is 63.3 Å². The van der Waals surface area contributed by atoms with Crippen molar-refractivity contribution in [3.63, 3.8) is 0 Å². The molecule has 3 heterocycles. The average molecular weight is 624 g/mol. The molecule has 0 aromatic rings. The van der Waals surface area contributed by atoms with Gasteiger partial charge in [-0.2, -0.15) is 5.01 Å². The molecular formula is C36H61N7O2. The van der Waals surface area contributed by atoms with E-state index in [0.29, 0.717) is 12.5 Å². The molecule has 252 valence electrons. The van der Waals surface area contributed by atoms with Crippen molar-refractivity contribution in [2.75, 3.05) is 60.0 Å². The molecule has 9 nitrogen and oxygen atoms in total. The Morgan fingerprint density at radius 1 is 1.16 bits per heavy atom. The molecule has 0 bridgehead atoms. The van der Waals surface area contributed by atoms with Gasteiger partial charge < -0.3 is 24.9 Å². The molecule has 1 amide bonds. The molecule has 1 aliphatic carbocycles. The van der Waals surface area contributed by atoms with E-state index < -0.39 is 5.66 Å². The topological polar surface area (TPSA) is 76.0 Å². The monoisotopic (exact) mass is 623 g/mol. The minimum atomic E-state index is -0.609. The maximum atomic E-state index is 12.1. The first kappa shape index (κ1) is 35.4. The van der Waals surface area contributed by atoms with Gasteiger partial charge in [-0.25, -0.2) is 9.98 Å². The number of ether oxygens (including phenoxy) is 1. The molecule has 0 aromatic heterocycles. The van der Waals surface area contributed by atoms with Gasteiger partial charge >= 0.3 is 0 Å². The van der Waals surface area contributed by atoms with Crippen molar-refractivity contribution in [2.24, 2.45) is 21.3 Å². The van der Waals surface area contributed by atoms with E-state index in [9.17, 15) is 4.79 Å². The fourth-order valence-electron chi connectivity index (χ4n) is 7.55. The Morgan fingerprint density at radius 3 is 2.40 bits per heavy atom. The zero-order valence-corrected chi connectivity index (χ0v) is 29.4. The van der Waals surface area contributed by atoms with E-state index in [1.54, 1.807) is 0 Å². The standard InChI is InChI=1S/C36H61N7O2/c1-9-19-36(29(6)45-12-4,41(8)39-31-15-13-28(5)14-16-31)38-34(30-17-22-40(7)23-18-30)37-32(10-2)42-24-20-35(21-25-42)26-43(27-35)33(44)11-3/h11,13,15,29-30,39H,3,9-10,12,14,16-27H2,1-2,4-8H3/b37-32+,38-34?. The molecule has 0 saturated carbocycles. The highest BCUT2D eigenvalue weighted by Crippen LogP contribution is 2.41. The lowest BCUT2D eigenvalue weighted by Crippen LogP contribution is -2.62. The molecule has 4 aliphatic rings. The van der Waals surface area contributed by atoms with Crippen LogP contribution in [-0.4, -0.2) is 109 Å². The number of piperidine rings is 2. The van der Waals surface area contributed by atoms with Crippen LogP contribution in [-0.2, 0) is 9.53 Å². The van der Waals surface area contributed by atoms with Gasteiger partial charge in [0.2, 0.25) is 5.91 Å². The van der Waals surface area contributed by atoms with Gasteiger partial charge in [0.05, 0.1) is 6.10 Å². The number of carbonyl (C=O) groups is 1. The second-order valence-corrected chi connectivity index (χ2v) is 13.9. The highest BCUT2D eigenvalue weighted by atomic mass is 16.5. The summed E-state index contributed by atoms with van der Waals surface area (Å²) in [6.45, 7) is 21.0. The first-order valence-electron chi connectivity index (χ1n) is 17.6. The van der Waals surface area contributed by atoms with Gasteiger partial charge in [0.1, 0.15) is 11.7 Å². The molecular weight excluding hydrogens is 562 g/mol. The highest BCUT2D eigenvalue weighted by molar-refractivity contribution is 5.98. The maximum Gasteiger partial charge on any atom is 0.245 e. The lowest BCUT2D eigenvalue weighted by molar-refractivity contribution is -0.140. The molecule has 0 radical (unpaired) electrons. The van der Waals surface area contributed by atoms with E-state index in [0.717, 1.165) is 109 Å². The van der Waals surface area contributed by atoms with Crippen molar-refractivity contribution in [3.05, 3.63) is 36.1 Å². The van der Waals surface area contributed by atoms with Crippen LogP contribution in [0.25, 0.3) is 0 Å². The Balaban J connectivity index is 1.67. The van der Waals surface area contributed by atoms with Gasteiger partial charge in [-0.3, -0.25) is 4.79 Å². The van der Waals surface area contributed by atoms with Crippen LogP contribution in [0.3, 0.4) is 0 Å². The molecule has 3 fully saturated rings. The van der Waals surface area contributed by atoms with Crippen LogP contribution in [0.5, 0.6) is 0 Å². The third kappa shape index (κ3) is 8.46. The molecule has 1 spiro atoms. The minimum absolute atomic E-state index is 0.0560. The van der Waals surface area contributed by atoms with E-state index in [2.05, 4.69) is 87.7 Å². The number of hydrazine groups is 1. The summed E-state index contributed by atoms with van der Waals surface area (Å²) in [4.78, 5) is 30.2. The number of likely N-dealkylation sites (N-methyl/N-ethyl adjacent to an activating group) is 1. The van der Waals surface area contributed by atoms with Crippen LogP contribution >= 0.6 is 0 Å². The lowest BCUT2D eigenvalue weighted by atomic mass is 9.72. The second-order valence-electron chi connectivity index (χ2n) is 13.9. The van der Waals surface area contributed by atoms with Crippen molar-refractivity contribution in [1.29, 1.82) is 0 Å². The zero-order valence-electron chi connectivity index (χ0n) is 29.4. The molecule has 3 aliphatic heterocycles. The number of amidine groups is 2. The van der Waals surface area contributed by atoms with Crippen LogP contribution in [0.2, 0.25) is 0 Å². The smallest absolute Gasteiger partial charge is 0.245 e. The van der Waals surface area contributed by atoms with Crippen molar-refractivity contribution < 1.29 is 9.53 Å². The summed E-state index contributed by atoms with van der Waals surface area (Å²) >= 11 is 0. The van der Waals surface area contributed by atoms with E-state index in [4.69, 9.17) is 14.7 Å². The molecule has 9 heteroatoms. The number of carbonyl (C=O) groups excluding carboxylic acids is 1. The van der Waals surface area contributed by atoms with Crippen LogP contribution in [0.4, 0.5) is 0 Å². The van der Waals surface area contributed by atoms with Crippen molar-refractivity contribution in [1.82, 2.24) is 25.1 Å². The predicted octanol–water partition coefficient (Wildman–Crippen LogP) is 5.63. The predicted molar refractivity (Wildman–Crippen MR) is 186 cm³/mol. The number of aliphatic imine (C=N–C) groups is 2. The Kier molecular flexibility index (Phi) is 12.5. The molecule has 2 atom stereocenters. The Morgan fingerprint density at radius 2 is 1.84 bits per heavy atom. The molecule has 3 saturated heterocycles. The number of likely N-dealkylation sites (tertiary alicyclic amines) is 3. The van der Waals surface area contributed by atoms with Crippen molar-refractivity contribution >= 4 is 17.6 Å². The highest BCUT2D eigenvalue weighted by Gasteiger charge is 2.47. The number of amides is 1. The molecule has 0 aromatic carbocycles. The Labute approximate surface area is 273 Å². The maximum absolute atomic E-state index is 12.1. The third-order valence-corrected chi connectivity index (χ3v) is 10.6. The number of nitrogens with one attached hydrogen (secondary N) is 1. The summed E-state index contributed by atoms with van der Waals surface area (Å²) < 4.78 is 6.39. The Hall–Kier alpha value is -2.49. The van der Waals surface area contributed by atoms with Gasteiger partial charge in [0.15, 0.2) is 5.66 Å². The average Bonchev–Trinajstić information content (AvgIpc) is 3.02. The number of nitrogens with zero attached hydrogens (tertiary/aromatic N) is 6. The summed E-state index contributed by atoms with van der Waals surface area (Å²) in [6.07, 6.45) is 14.8. The quantitative estimate of drug-likeness (QED) is 0.132. The van der Waals surface area contributed by atoms with Gasteiger partial charge in [-0.05, 0) is 98.0 Å². The van der Waals surface area contributed by atoms with Gasteiger partial charge in [-0.15, -0.1) is 0 Å². The van der Waals surface area contributed by atoms with E-state index >= 15 is 0 Å².